The van der Waals surface area contributed by atoms with Crippen LogP contribution in [0.3, 0.4) is 0 Å². The Kier molecular flexibility index (Phi) is 5.45. The van der Waals surface area contributed by atoms with Crippen LogP contribution in [-0.4, -0.2) is 35.4 Å². The van der Waals surface area contributed by atoms with Crippen molar-refractivity contribution < 1.29 is 24.2 Å². The average molecular weight is 359 g/mol. The second-order valence-electron chi connectivity index (χ2n) is 5.41. The molecule has 7 heteroatoms. The standard InChI is InChI=1S/C18H17NO5S/c20-17(21)10-23-13-5-3-4-12(8-13)9-19-18(22)15-11-25-16-7-2-1-6-14(16)24-15/h1-8,15H,9-11H2,(H,19,22)(H,20,21)/t15-/m0/s1. The molecule has 130 valence electrons. The summed E-state index contributed by atoms with van der Waals surface area (Å²) in [6.45, 7) is -0.0857. The van der Waals surface area contributed by atoms with Crippen LogP contribution in [0, 0.1) is 0 Å². The fraction of sp³-hybridized carbons (Fsp3) is 0.222. The number of ether oxygens (including phenoxy) is 2. The highest BCUT2D eigenvalue weighted by Crippen LogP contribution is 2.34. The van der Waals surface area contributed by atoms with Gasteiger partial charge < -0.3 is 19.9 Å². The first kappa shape index (κ1) is 17.2. The normalized spacial score (nSPS) is 15.6. The molecule has 3 rings (SSSR count). The van der Waals surface area contributed by atoms with Crippen molar-refractivity contribution >= 4 is 23.6 Å². The molecule has 0 unspecified atom stereocenters. The van der Waals surface area contributed by atoms with E-state index in [2.05, 4.69) is 5.32 Å². The lowest BCUT2D eigenvalue weighted by molar-refractivity contribution is -0.139. The van der Waals surface area contributed by atoms with Gasteiger partial charge in [0.2, 0.25) is 0 Å². The molecule has 0 aromatic heterocycles. The predicted octanol–water partition coefficient (Wildman–Crippen LogP) is 2.32. The summed E-state index contributed by atoms with van der Waals surface area (Å²) in [4.78, 5) is 23.9. The number of carboxylic acids is 1. The maximum atomic E-state index is 12.3. The van der Waals surface area contributed by atoms with Gasteiger partial charge >= 0.3 is 5.97 Å². The van der Waals surface area contributed by atoms with Gasteiger partial charge in [-0.05, 0) is 29.8 Å². The van der Waals surface area contributed by atoms with Gasteiger partial charge in [0.05, 0.1) is 0 Å². The Labute approximate surface area is 149 Å². The number of aliphatic carboxylic acids is 1. The van der Waals surface area contributed by atoms with Crippen LogP contribution < -0.4 is 14.8 Å². The van der Waals surface area contributed by atoms with Crippen LogP contribution in [0.25, 0.3) is 0 Å². The monoisotopic (exact) mass is 359 g/mol. The number of benzene rings is 2. The van der Waals surface area contributed by atoms with E-state index in [0.717, 1.165) is 16.2 Å². The average Bonchev–Trinajstić information content (AvgIpc) is 2.64. The third-order valence-electron chi connectivity index (χ3n) is 3.53. The lowest BCUT2D eigenvalue weighted by atomic mass is 10.2. The van der Waals surface area contributed by atoms with E-state index >= 15 is 0 Å². The number of carboxylic acid groups (broad SMARTS) is 1. The smallest absolute Gasteiger partial charge is 0.341 e. The molecule has 1 atom stereocenters. The lowest BCUT2D eigenvalue weighted by Gasteiger charge is -2.24. The van der Waals surface area contributed by atoms with Gasteiger partial charge in [-0.25, -0.2) is 4.79 Å². The number of nitrogens with one attached hydrogen (secondary N) is 1. The van der Waals surface area contributed by atoms with E-state index < -0.39 is 18.7 Å². The molecular formula is C18H17NO5S. The zero-order chi connectivity index (χ0) is 17.6. The third-order valence-corrected chi connectivity index (χ3v) is 4.65. The molecule has 0 spiro atoms. The van der Waals surface area contributed by atoms with Gasteiger partial charge in [0.15, 0.2) is 12.7 Å². The summed E-state index contributed by atoms with van der Waals surface area (Å²) >= 11 is 1.60. The fourth-order valence-corrected chi connectivity index (χ4v) is 3.33. The Bertz CT molecular complexity index is 780. The van der Waals surface area contributed by atoms with Crippen LogP contribution in [0.15, 0.2) is 53.4 Å². The zero-order valence-electron chi connectivity index (χ0n) is 13.3. The highest BCUT2D eigenvalue weighted by Gasteiger charge is 2.26. The quantitative estimate of drug-likeness (QED) is 0.823. The van der Waals surface area contributed by atoms with Crippen LogP contribution in [0.4, 0.5) is 0 Å². The van der Waals surface area contributed by atoms with Gasteiger partial charge in [-0.1, -0.05) is 24.3 Å². The highest BCUT2D eigenvalue weighted by molar-refractivity contribution is 7.99. The number of thioether (sulfide) groups is 1. The summed E-state index contributed by atoms with van der Waals surface area (Å²) in [5.41, 5.74) is 0.820. The summed E-state index contributed by atoms with van der Waals surface area (Å²) in [5.74, 6) is 0.519. The topological polar surface area (TPSA) is 84.9 Å². The second-order valence-corrected chi connectivity index (χ2v) is 6.47. The van der Waals surface area contributed by atoms with Crippen molar-refractivity contribution in [2.45, 2.75) is 17.5 Å². The molecule has 6 nitrogen and oxygen atoms in total. The highest BCUT2D eigenvalue weighted by atomic mass is 32.2. The van der Waals surface area contributed by atoms with E-state index in [1.54, 1.807) is 30.0 Å². The van der Waals surface area contributed by atoms with Crippen LogP contribution >= 0.6 is 11.8 Å². The van der Waals surface area contributed by atoms with E-state index in [9.17, 15) is 9.59 Å². The maximum Gasteiger partial charge on any atom is 0.341 e. The molecule has 1 heterocycles. The summed E-state index contributed by atoms with van der Waals surface area (Å²) in [6.07, 6.45) is -0.536. The Morgan fingerprint density at radius 3 is 2.92 bits per heavy atom. The molecule has 2 aromatic rings. The molecular weight excluding hydrogens is 342 g/mol. The Morgan fingerprint density at radius 2 is 2.08 bits per heavy atom. The van der Waals surface area contributed by atoms with E-state index in [1.807, 2.05) is 30.3 Å². The molecule has 0 saturated carbocycles. The Balaban J connectivity index is 1.54. The van der Waals surface area contributed by atoms with E-state index in [4.69, 9.17) is 14.6 Å². The molecule has 2 N–H and O–H groups in total. The third kappa shape index (κ3) is 4.67. The van der Waals surface area contributed by atoms with Crippen molar-refractivity contribution in [1.29, 1.82) is 0 Å². The largest absolute Gasteiger partial charge is 0.482 e. The van der Waals surface area contributed by atoms with Gasteiger partial charge in [-0.3, -0.25) is 4.79 Å². The summed E-state index contributed by atoms with van der Waals surface area (Å²) in [7, 11) is 0. The minimum Gasteiger partial charge on any atom is -0.482 e. The number of carbonyl (C=O) groups is 2. The van der Waals surface area contributed by atoms with Crippen molar-refractivity contribution in [3.8, 4) is 11.5 Å². The van der Waals surface area contributed by atoms with Crippen molar-refractivity contribution in [2.75, 3.05) is 12.4 Å². The van der Waals surface area contributed by atoms with Crippen molar-refractivity contribution in [3.05, 3.63) is 54.1 Å². The van der Waals surface area contributed by atoms with Gasteiger partial charge in [-0.15, -0.1) is 11.8 Å². The second kappa shape index (κ2) is 7.94. The Hall–Kier alpha value is -2.67. The number of para-hydroxylation sites is 1. The molecule has 25 heavy (non-hydrogen) atoms. The molecule has 1 aliphatic rings. The predicted molar refractivity (Wildman–Crippen MR) is 93.0 cm³/mol. The van der Waals surface area contributed by atoms with Crippen molar-refractivity contribution in [2.24, 2.45) is 0 Å². The first-order chi connectivity index (χ1) is 12.1. The first-order valence-electron chi connectivity index (χ1n) is 7.71. The summed E-state index contributed by atoms with van der Waals surface area (Å²) in [6, 6.07) is 14.6. The molecule has 0 saturated heterocycles. The molecule has 0 fully saturated rings. The fourth-order valence-electron chi connectivity index (χ4n) is 2.34. The van der Waals surface area contributed by atoms with Crippen molar-refractivity contribution in [1.82, 2.24) is 5.32 Å². The summed E-state index contributed by atoms with van der Waals surface area (Å²) < 4.78 is 10.9. The van der Waals surface area contributed by atoms with Gasteiger partial charge in [0.25, 0.3) is 5.91 Å². The molecule has 0 radical (unpaired) electrons. The van der Waals surface area contributed by atoms with Crippen LogP contribution in [-0.2, 0) is 16.1 Å². The molecule has 1 aliphatic heterocycles. The number of carbonyl (C=O) groups excluding carboxylic acids is 1. The van der Waals surface area contributed by atoms with Gasteiger partial charge in [0.1, 0.15) is 11.5 Å². The molecule has 0 aliphatic carbocycles. The van der Waals surface area contributed by atoms with E-state index in [1.165, 1.54) is 0 Å². The number of amides is 1. The van der Waals surface area contributed by atoms with E-state index in [0.29, 0.717) is 18.0 Å². The number of hydrogen-bond donors (Lipinski definition) is 2. The molecule has 0 bridgehead atoms. The molecule has 2 aromatic carbocycles. The van der Waals surface area contributed by atoms with Gasteiger partial charge in [-0.2, -0.15) is 0 Å². The lowest BCUT2D eigenvalue weighted by Crippen LogP contribution is -2.41. The van der Waals surface area contributed by atoms with Crippen LogP contribution in [0.1, 0.15) is 5.56 Å². The number of rotatable bonds is 6. The maximum absolute atomic E-state index is 12.3. The Morgan fingerprint density at radius 1 is 1.24 bits per heavy atom. The number of hydrogen-bond acceptors (Lipinski definition) is 5. The van der Waals surface area contributed by atoms with Gasteiger partial charge in [0, 0.05) is 17.2 Å². The summed E-state index contributed by atoms with van der Waals surface area (Å²) in [5, 5.41) is 11.5. The minimum atomic E-state index is -1.04. The molecule has 1 amide bonds. The zero-order valence-corrected chi connectivity index (χ0v) is 14.1. The minimum absolute atomic E-state index is 0.182. The first-order valence-corrected chi connectivity index (χ1v) is 8.70. The SMILES string of the molecule is O=C(O)COc1cccc(CNC(=O)[C@@H]2CSc3ccccc3O2)c1. The van der Waals surface area contributed by atoms with Crippen LogP contribution in [0.5, 0.6) is 11.5 Å². The van der Waals surface area contributed by atoms with Crippen LogP contribution in [0.2, 0.25) is 0 Å². The van der Waals surface area contributed by atoms with Crippen molar-refractivity contribution in [3.63, 3.8) is 0 Å². The van der Waals surface area contributed by atoms with E-state index in [-0.39, 0.29) is 5.91 Å². The number of fused-ring (bicyclic) bond motifs is 1.